The van der Waals surface area contributed by atoms with Gasteiger partial charge in [0.05, 0.1) is 18.0 Å². The van der Waals surface area contributed by atoms with Crippen molar-refractivity contribution in [2.45, 2.75) is 34.1 Å². The van der Waals surface area contributed by atoms with Gasteiger partial charge in [0.2, 0.25) is 0 Å². The van der Waals surface area contributed by atoms with E-state index < -0.39 is 11.8 Å². The number of carbonyl (C=O) groups is 2. The highest BCUT2D eigenvalue weighted by atomic mass is 16.5. The summed E-state index contributed by atoms with van der Waals surface area (Å²) in [5, 5.41) is 14.6. The highest BCUT2D eigenvalue weighted by Gasteiger charge is 2.35. The van der Waals surface area contributed by atoms with E-state index in [0.29, 0.717) is 48.6 Å². The number of benzene rings is 2. The molecule has 0 saturated heterocycles. The predicted molar refractivity (Wildman–Crippen MR) is 149 cm³/mol. The van der Waals surface area contributed by atoms with Gasteiger partial charge in [-0.05, 0) is 81.7 Å². The van der Waals surface area contributed by atoms with E-state index in [4.69, 9.17) is 14.6 Å². The Balaban J connectivity index is 1.83. The monoisotopic (exact) mass is 524 g/mol. The number of nitriles is 1. The summed E-state index contributed by atoms with van der Waals surface area (Å²) in [4.78, 5) is 27.7. The van der Waals surface area contributed by atoms with Gasteiger partial charge in [-0.15, -0.1) is 0 Å². The molecule has 1 aromatic heterocycles. The average molecular weight is 525 g/mol. The van der Waals surface area contributed by atoms with Crippen LogP contribution >= 0.6 is 0 Å². The normalized spacial score (nSPS) is 14.7. The molecule has 1 aliphatic rings. The molecule has 2 aromatic carbocycles. The molecule has 0 aliphatic carbocycles. The van der Waals surface area contributed by atoms with Crippen molar-refractivity contribution in [1.29, 1.82) is 5.26 Å². The number of hydrogen-bond acceptors (Lipinski definition) is 6. The first-order valence-electron chi connectivity index (χ1n) is 13.0. The Bertz CT molecular complexity index is 1480. The third-order valence-electron chi connectivity index (χ3n) is 6.51. The summed E-state index contributed by atoms with van der Waals surface area (Å²) in [6.07, 6.45) is 4.06. The van der Waals surface area contributed by atoms with Gasteiger partial charge in [0.15, 0.2) is 0 Å². The fourth-order valence-electron chi connectivity index (χ4n) is 4.50. The zero-order chi connectivity index (χ0) is 27.9. The van der Waals surface area contributed by atoms with Crippen molar-refractivity contribution in [3.05, 3.63) is 82.6 Å². The Morgan fingerprint density at radius 2 is 1.79 bits per heavy atom. The summed E-state index contributed by atoms with van der Waals surface area (Å²) in [5.41, 5.74) is 4.64. The SMILES string of the molecule is CCOCCCN1C(=O)C(C#N)=C(C)/C(=C\c2cn(-c3ccccc3)nc2-c2ccc(OCC)c(C)c2)C1=O. The maximum absolute atomic E-state index is 13.6. The van der Waals surface area contributed by atoms with Gasteiger partial charge in [0, 0.05) is 42.7 Å². The molecule has 0 spiro atoms. The lowest BCUT2D eigenvalue weighted by Crippen LogP contribution is -2.43. The maximum atomic E-state index is 13.6. The molecule has 0 atom stereocenters. The molecule has 2 heterocycles. The molecule has 0 fully saturated rings. The molecule has 0 radical (unpaired) electrons. The molecule has 0 bridgehead atoms. The molecular formula is C31H32N4O4. The van der Waals surface area contributed by atoms with Crippen molar-refractivity contribution in [1.82, 2.24) is 14.7 Å². The van der Waals surface area contributed by atoms with Crippen molar-refractivity contribution < 1.29 is 19.1 Å². The number of imide groups is 1. The zero-order valence-corrected chi connectivity index (χ0v) is 22.7. The second kappa shape index (κ2) is 12.4. The Labute approximate surface area is 228 Å². The van der Waals surface area contributed by atoms with E-state index in [1.165, 1.54) is 0 Å². The third kappa shape index (κ3) is 5.84. The van der Waals surface area contributed by atoms with E-state index >= 15 is 0 Å². The van der Waals surface area contributed by atoms with Gasteiger partial charge < -0.3 is 9.47 Å². The number of aromatic nitrogens is 2. The first kappa shape index (κ1) is 27.6. The van der Waals surface area contributed by atoms with E-state index in [2.05, 4.69) is 0 Å². The fourth-order valence-corrected chi connectivity index (χ4v) is 4.50. The fraction of sp³-hybridized carbons (Fsp3) is 0.290. The summed E-state index contributed by atoms with van der Waals surface area (Å²) >= 11 is 0. The van der Waals surface area contributed by atoms with Gasteiger partial charge >= 0.3 is 0 Å². The molecule has 4 rings (SSSR count). The molecule has 39 heavy (non-hydrogen) atoms. The van der Waals surface area contributed by atoms with Crippen molar-refractivity contribution in [3.63, 3.8) is 0 Å². The van der Waals surface area contributed by atoms with Crippen molar-refractivity contribution in [3.8, 4) is 28.8 Å². The number of hydrogen-bond donors (Lipinski definition) is 0. The lowest BCUT2D eigenvalue weighted by atomic mass is 9.93. The minimum Gasteiger partial charge on any atom is -0.494 e. The number of amides is 2. The van der Waals surface area contributed by atoms with E-state index in [0.717, 1.165) is 27.5 Å². The summed E-state index contributed by atoms with van der Waals surface area (Å²) < 4.78 is 12.8. The van der Waals surface area contributed by atoms with E-state index in [-0.39, 0.29) is 12.1 Å². The third-order valence-corrected chi connectivity index (χ3v) is 6.51. The molecule has 1 aliphatic heterocycles. The smallest absolute Gasteiger partial charge is 0.271 e. The maximum Gasteiger partial charge on any atom is 0.271 e. The van der Waals surface area contributed by atoms with Crippen LogP contribution in [0.4, 0.5) is 0 Å². The van der Waals surface area contributed by atoms with Crippen LogP contribution in [0.25, 0.3) is 23.0 Å². The molecule has 0 unspecified atom stereocenters. The number of nitrogens with zero attached hydrogens (tertiary/aromatic N) is 4. The Morgan fingerprint density at radius 3 is 2.46 bits per heavy atom. The van der Waals surface area contributed by atoms with Gasteiger partial charge in [0.1, 0.15) is 17.4 Å². The largest absolute Gasteiger partial charge is 0.494 e. The van der Waals surface area contributed by atoms with Crippen LogP contribution in [-0.4, -0.2) is 52.9 Å². The summed E-state index contributed by atoms with van der Waals surface area (Å²) in [7, 11) is 0. The lowest BCUT2D eigenvalue weighted by Gasteiger charge is -2.27. The molecule has 3 aromatic rings. The van der Waals surface area contributed by atoms with Crippen molar-refractivity contribution >= 4 is 17.9 Å². The average Bonchev–Trinajstić information content (AvgIpc) is 3.36. The lowest BCUT2D eigenvalue weighted by molar-refractivity contribution is -0.140. The Morgan fingerprint density at radius 1 is 1.03 bits per heavy atom. The predicted octanol–water partition coefficient (Wildman–Crippen LogP) is 5.27. The van der Waals surface area contributed by atoms with Gasteiger partial charge in [-0.2, -0.15) is 10.4 Å². The highest BCUT2D eigenvalue weighted by molar-refractivity contribution is 6.19. The standard InChI is InChI=1S/C31H32N4O4/c1-5-38-16-10-15-34-30(36)26(22(4)27(19-32)31(34)37)18-24-20-35(25-11-8-7-9-12-25)33-29(24)23-13-14-28(39-6-2)21(3)17-23/h7-9,11-14,17-18,20H,5-6,10,15-16H2,1-4H3/b26-18+. The number of rotatable bonds is 10. The van der Waals surface area contributed by atoms with Crippen LogP contribution in [0.5, 0.6) is 5.75 Å². The highest BCUT2D eigenvalue weighted by Crippen LogP contribution is 2.33. The van der Waals surface area contributed by atoms with Crippen LogP contribution in [0.2, 0.25) is 0 Å². The van der Waals surface area contributed by atoms with E-state index in [9.17, 15) is 14.9 Å². The second-order valence-electron chi connectivity index (χ2n) is 9.11. The van der Waals surface area contributed by atoms with Crippen LogP contribution < -0.4 is 4.74 Å². The van der Waals surface area contributed by atoms with E-state index in [1.54, 1.807) is 17.7 Å². The summed E-state index contributed by atoms with van der Waals surface area (Å²) in [6, 6.07) is 17.5. The van der Waals surface area contributed by atoms with Gasteiger partial charge in [-0.1, -0.05) is 18.2 Å². The molecular weight excluding hydrogens is 492 g/mol. The molecule has 2 amide bonds. The number of carbonyl (C=O) groups excluding carboxylic acids is 2. The quantitative estimate of drug-likeness (QED) is 0.204. The Hall–Kier alpha value is -4.48. The summed E-state index contributed by atoms with van der Waals surface area (Å²) in [6.45, 7) is 9.14. The summed E-state index contributed by atoms with van der Waals surface area (Å²) in [5.74, 6) is -0.213. The minimum atomic E-state index is -0.573. The van der Waals surface area contributed by atoms with Crippen LogP contribution in [0.1, 0.15) is 38.3 Å². The minimum absolute atomic E-state index is 0.0360. The molecule has 0 N–H and O–H groups in total. The van der Waals surface area contributed by atoms with Crippen molar-refractivity contribution in [2.24, 2.45) is 0 Å². The number of para-hydroxylation sites is 1. The van der Waals surface area contributed by atoms with Crippen LogP contribution in [0, 0.1) is 18.3 Å². The zero-order valence-electron chi connectivity index (χ0n) is 22.7. The first-order valence-corrected chi connectivity index (χ1v) is 13.0. The van der Waals surface area contributed by atoms with Gasteiger partial charge in [0.25, 0.3) is 11.8 Å². The topological polar surface area (TPSA) is 97.5 Å². The molecule has 8 nitrogen and oxygen atoms in total. The molecule has 0 saturated carbocycles. The Kier molecular flexibility index (Phi) is 8.74. The van der Waals surface area contributed by atoms with Crippen LogP contribution in [-0.2, 0) is 14.3 Å². The molecule has 8 heteroatoms. The van der Waals surface area contributed by atoms with Crippen LogP contribution in [0.15, 0.2) is 71.4 Å². The molecule has 200 valence electrons. The number of ether oxygens (including phenoxy) is 2. The van der Waals surface area contributed by atoms with Gasteiger partial charge in [-0.25, -0.2) is 4.68 Å². The van der Waals surface area contributed by atoms with Crippen LogP contribution in [0.3, 0.4) is 0 Å². The first-order chi connectivity index (χ1) is 18.9. The second-order valence-corrected chi connectivity index (χ2v) is 9.11. The van der Waals surface area contributed by atoms with E-state index in [1.807, 2.05) is 81.6 Å². The number of aryl methyl sites for hydroxylation is 1. The van der Waals surface area contributed by atoms with Crippen molar-refractivity contribution in [2.75, 3.05) is 26.4 Å². The van der Waals surface area contributed by atoms with Gasteiger partial charge in [-0.3, -0.25) is 14.5 Å².